The maximum atomic E-state index is 6.24. The van der Waals surface area contributed by atoms with Gasteiger partial charge >= 0.3 is 0 Å². The number of para-hydroxylation sites is 1. The van der Waals surface area contributed by atoms with E-state index in [2.05, 4.69) is 6.07 Å². The Kier molecular flexibility index (Phi) is 4.46. The van der Waals surface area contributed by atoms with E-state index in [0.717, 1.165) is 28.9 Å². The lowest BCUT2D eigenvalue weighted by Gasteiger charge is -2.14. The first-order valence-corrected chi connectivity index (χ1v) is 6.72. The van der Waals surface area contributed by atoms with Crippen molar-refractivity contribution in [1.29, 1.82) is 0 Å². The molecule has 0 amide bonds. The molecule has 0 spiro atoms. The maximum Gasteiger partial charge on any atom is 0.149 e. The lowest BCUT2D eigenvalue weighted by atomic mass is 10.1. The van der Waals surface area contributed by atoms with E-state index in [9.17, 15) is 0 Å². The van der Waals surface area contributed by atoms with Crippen LogP contribution in [0.5, 0.6) is 11.5 Å². The number of benzene rings is 2. The molecule has 0 aliphatic heterocycles. The first-order chi connectivity index (χ1) is 9.11. The molecule has 0 aromatic heterocycles. The van der Waals surface area contributed by atoms with Gasteiger partial charge in [-0.25, -0.2) is 0 Å². The average molecular weight is 276 g/mol. The lowest BCUT2D eigenvalue weighted by molar-refractivity contribution is 0.472. The van der Waals surface area contributed by atoms with Gasteiger partial charge in [0.25, 0.3) is 0 Å². The van der Waals surface area contributed by atoms with Crippen LogP contribution in [0.15, 0.2) is 36.4 Å². The molecular formula is C16H18ClNO. The van der Waals surface area contributed by atoms with Gasteiger partial charge in [-0.3, -0.25) is 0 Å². The second-order valence-corrected chi connectivity index (χ2v) is 5.04. The van der Waals surface area contributed by atoms with Crippen LogP contribution in [0.3, 0.4) is 0 Å². The highest BCUT2D eigenvalue weighted by atomic mass is 35.5. The second kappa shape index (κ2) is 6.09. The topological polar surface area (TPSA) is 35.2 Å². The van der Waals surface area contributed by atoms with Crippen LogP contribution in [-0.4, -0.2) is 6.54 Å². The summed E-state index contributed by atoms with van der Waals surface area (Å²) in [6, 6.07) is 11.9. The number of halogens is 1. The highest BCUT2D eigenvalue weighted by Crippen LogP contribution is 2.34. The predicted octanol–water partition coefficient (Wildman–Crippen LogP) is 4.25. The molecule has 0 aliphatic rings. The monoisotopic (exact) mass is 275 g/mol. The molecule has 100 valence electrons. The molecule has 3 heteroatoms. The zero-order chi connectivity index (χ0) is 13.8. The zero-order valence-corrected chi connectivity index (χ0v) is 12.0. The van der Waals surface area contributed by atoms with E-state index < -0.39 is 0 Å². The molecule has 19 heavy (non-hydrogen) atoms. The molecule has 0 heterocycles. The molecule has 0 bridgehead atoms. The fraction of sp³-hybridized carbons (Fsp3) is 0.250. The minimum atomic E-state index is 0.573. The fourth-order valence-electron chi connectivity index (χ4n) is 1.95. The van der Waals surface area contributed by atoms with Gasteiger partial charge in [-0.05, 0) is 55.6 Å². The van der Waals surface area contributed by atoms with Crippen molar-refractivity contribution < 1.29 is 4.74 Å². The predicted molar refractivity (Wildman–Crippen MR) is 80.2 cm³/mol. The van der Waals surface area contributed by atoms with Gasteiger partial charge in [0, 0.05) is 0 Å². The van der Waals surface area contributed by atoms with Crippen molar-refractivity contribution in [3.05, 3.63) is 58.1 Å². The average Bonchev–Trinajstić information content (AvgIpc) is 2.38. The molecule has 0 unspecified atom stereocenters. The summed E-state index contributed by atoms with van der Waals surface area (Å²) in [5.74, 6) is 1.55. The minimum absolute atomic E-state index is 0.573. The molecular weight excluding hydrogens is 258 g/mol. The molecule has 2 aromatic carbocycles. The van der Waals surface area contributed by atoms with E-state index in [0.29, 0.717) is 17.3 Å². The zero-order valence-electron chi connectivity index (χ0n) is 11.2. The Hall–Kier alpha value is -1.51. The van der Waals surface area contributed by atoms with Gasteiger partial charge in [0.1, 0.15) is 11.5 Å². The molecule has 0 aliphatic carbocycles. The van der Waals surface area contributed by atoms with Gasteiger partial charge in [-0.2, -0.15) is 0 Å². The molecule has 0 saturated heterocycles. The third-order valence-electron chi connectivity index (χ3n) is 3.02. The van der Waals surface area contributed by atoms with Gasteiger partial charge < -0.3 is 10.5 Å². The second-order valence-electron chi connectivity index (χ2n) is 4.64. The molecule has 2 N–H and O–H groups in total. The van der Waals surface area contributed by atoms with Crippen LogP contribution in [0.1, 0.15) is 16.7 Å². The third kappa shape index (κ3) is 3.28. The number of aryl methyl sites for hydroxylation is 2. The Labute approximate surface area is 119 Å². The Morgan fingerprint density at radius 1 is 1.16 bits per heavy atom. The standard InChI is InChI=1S/C16H18ClNO/c1-11-6-7-12(2)15(10-11)19-16-13(8-9-18)4-3-5-14(16)17/h3-7,10H,8-9,18H2,1-2H3. The quantitative estimate of drug-likeness (QED) is 0.905. The van der Waals surface area contributed by atoms with Crippen molar-refractivity contribution in [1.82, 2.24) is 0 Å². The van der Waals surface area contributed by atoms with Crippen molar-refractivity contribution in [2.45, 2.75) is 20.3 Å². The van der Waals surface area contributed by atoms with Crippen molar-refractivity contribution in [3.63, 3.8) is 0 Å². The molecule has 0 saturated carbocycles. The summed E-state index contributed by atoms with van der Waals surface area (Å²) in [6.07, 6.45) is 0.751. The molecule has 2 nitrogen and oxygen atoms in total. The number of ether oxygens (including phenoxy) is 1. The number of rotatable bonds is 4. The number of hydrogen-bond donors (Lipinski definition) is 1. The van der Waals surface area contributed by atoms with Gasteiger partial charge in [0.2, 0.25) is 0 Å². The molecule has 2 rings (SSSR count). The van der Waals surface area contributed by atoms with E-state index in [1.165, 1.54) is 0 Å². The van der Waals surface area contributed by atoms with Crippen LogP contribution in [-0.2, 0) is 6.42 Å². The highest BCUT2D eigenvalue weighted by Gasteiger charge is 2.10. The largest absolute Gasteiger partial charge is 0.455 e. The minimum Gasteiger partial charge on any atom is -0.455 e. The third-order valence-corrected chi connectivity index (χ3v) is 3.32. The van der Waals surface area contributed by atoms with Crippen LogP contribution < -0.4 is 10.5 Å². The van der Waals surface area contributed by atoms with Crippen molar-refractivity contribution in [2.75, 3.05) is 6.54 Å². The van der Waals surface area contributed by atoms with Crippen LogP contribution in [0.2, 0.25) is 5.02 Å². The smallest absolute Gasteiger partial charge is 0.149 e. The first-order valence-electron chi connectivity index (χ1n) is 6.34. The van der Waals surface area contributed by atoms with Crippen molar-refractivity contribution in [3.8, 4) is 11.5 Å². The Morgan fingerprint density at radius 3 is 2.68 bits per heavy atom. The van der Waals surface area contributed by atoms with Crippen LogP contribution >= 0.6 is 11.6 Å². The summed E-state index contributed by atoms with van der Waals surface area (Å²) in [7, 11) is 0. The van der Waals surface area contributed by atoms with Gasteiger partial charge in [0.15, 0.2) is 0 Å². The first kappa shape index (κ1) is 13.9. The fourth-order valence-corrected chi connectivity index (χ4v) is 2.18. The number of nitrogens with two attached hydrogens (primary N) is 1. The number of hydrogen-bond acceptors (Lipinski definition) is 2. The highest BCUT2D eigenvalue weighted by molar-refractivity contribution is 6.32. The van der Waals surface area contributed by atoms with Crippen LogP contribution in [0, 0.1) is 13.8 Å². The molecule has 2 aromatic rings. The summed E-state index contributed by atoms with van der Waals surface area (Å²) in [4.78, 5) is 0. The maximum absolute atomic E-state index is 6.24. The van der Waals surface area contributed by atoms with E-state index in [-0.39, 0.29) is 0 Å². The van der Waals surface area contributed by atoms with Crippen molar-refractivity contribution >= 4 is 11.6 Å². The summed E-state index contributed by atoms with van der Waals surface area (Å²) < 4.78 is 6.02. The van der Waals surface area contributed by atoms with Crippen LogP contribution in [0.25, 0.3) is 0 Å². The van der Waals surface area contributed by atoms with E-state index >= 15 is 0 Å². The Bertz CT molecular complexity index is 581. The molecule has 0 fully saturated rings. The summed E-state index contributed by atoms with van der Waals surface area (Å²) >= 11 is 6.24. The molecule has 0 atom stereocenters. The normalized spacial score (nSPS) is 10.5. The summed E-state index contributed by atoms with van der Waals surface area (Å²) in [5, 5.41) is 0.617. The summed E-state index contributed by atoms with van der Waals surface area (Å²) in [6.45, 7) is 4.64. The van der Waals surface area contributed by atoms with Gasteiger partial charge in [0.05, 0.1) is 5.02 Å². The van der Waals surface area contributed by atoms with Crippen molar-refractivity contribution in [2.24, 2.45) is 5.73 Å². The van der Waals surface area contributed by atoms with E-state index in [1.807, 2.05) is 44.2 Å². The van der Waals surface area contributed by atoms with E-state index in [4.69, 9.17) is 22.1 Å². The van der Waals surface area contributed by atoms with Gasteiger partial charge in [-0.15, -0.1) is 0 Å². The SMILES string of the molecule is Cc1ccc(C)c(Oc2c(Cl)cccc2CCN)c1. The summed E-state index contributed by atoms with van der Waals surface area (Å²) in [5.41, 5.74) is 8.91. The Morgan fingerprint density at radius 2 is 1.95 bits per heavy atom. The Balaban J connectivity index is 2.39. The van der Waals surface area contributed by atoms with Crippen LogP contribution in [0.4, 0.5) is 0 Å². The lowest BCUT2D eigenvalue weighted by Crippen LogP contribution is -2.04. The van der Waals surface area contributed by atoms with E-state index in [1.54, 1.807) is 0 Å². The van der Waals surface area contributed by atoms with Gasteiger partial charge in [-0.1, -0.05) is 35.9 Å². The molecule has 0 radical (unpaired) electrons.